The largest absolute Gasteiger partial charge is 0.295 e. The highest BCUT2D eigenvalue weighted by Crippen LogP contribution is 2.32. The summed E-state index contributed by atoms with van der Waals surface area (Å²) in [5.41, 5.74) is 8.88. The lowest BCUT2D eigenvalue weighted by Crippen LogP contribution is -2.35. The van der Waals surface area contributed by atoms with Crippen LogP contribution in [-0.4, -0.2) is 4.57 Å². The molecule has 0 bridgehead atoms. The standard InChI is InChI=1S/C27H25N2/c1-18-10-5-7-14-22(18)27-28(4)24-17-16-21-13-6-8-15-23(21)26(24)29(27)25-19(2)11-9-12-20(25)3/h5-17H,1-4H3/q+1. The van der Waals surface area contributed by atoms with E-state index in [1.807, 2.05) is 0 Å². The third-order valence-corrected chi connectivity index (χ3v) is 6.04. The number of benzene rings is 4. The average Bonchev–Trinajstić information content (AvgIpc) is 3.01. The van der Waals surface area contributed by atoms with E-state index in [0.29, 0.717) is 0 Å². The van der Waals surface area contributed by atoms with Crippen molar-refractivity contribution in [2.75, 3.05) is 0 Å². The first-order chi connectivity index (χ1) is 14.1. The third kappa shape index (κ3) is 2.60. The van der Waals surface area contributed by atoms with E-state index in [4.69, 9.17) is 0 Å². The van der Waals surface area contributed by atoms with Gasteiger partial charge in [-0.1, -0.05) is 54.6 Å². The molecule has 0 saturated heterocycles. The maximum atomic E-state index is 2.48. The number of hydrogen-bond acceptors (Lipinski definition) is 0. The van der Waals surface area contributed by atoms with Gasteiger partial charge in [-0.25, -0.2) is 4.57 Å². The number of nitrogens with zero attached hydrogens (tertiary/aromatic N) is 2. The SMILES string of the molecule is Cc1ccccc1-c1n(C)c2ccc3ccccc3c2[n+]1-c1c(C)cccc1C. The first-order valence-corrected chi connectivity index (χ1v) is 10.1. The van der Waals surface area contributed by atoms with Crippen molar-refractivity contribution in [2.45, 2.75) is 20.8 Å². The zero-order valence-corrected chi connectivity index (χ0v) is 17.4. The number of aromatic nitrogens is 2. The first kappa shape index (κ1) is 17.7. The lowest BCUT2D eigenvalue weighted by Gasteiger charge is -2.11. The minimum atomic E-state index is 1.21. The summed E-state index contributed by atoms with van der Waals surface area (Å²) in [5.74, 6) is 1.21. The molecule has 0 amide bonds. The molecule has 0 radical (unpaired) electrons. The van der Waals surface area contributed by atoms with E-state index in [2.05, 4.69) is 116 Å². The Morgan fingerprint density at radius 2 is 1.31 bits per heavy atom. The highest BCUT2D eigenvalue weighted by atomic mass is 15.2. The second-order valence-electron chi connectivity index (χ2n) is 7.93. The Morgan fingerprint density at radius 3 is 2.07 bits per heavy atom. The highest BCUT2D eigenvalue weighted by Gasteiger charge is 2.29. The molecule has 0 N–H and O–H groups in total. The van der Waals surface area contributed by atoms with Gasteiger partial charge in [-0.05, 0) is 67.1 Å². The fourth-order valence-electron chi connectivity index (χ4n) is 4.62. The lowest BCUT2D eigenvalue weighted by atomic mass is 10.0. The number of rotatable bonds is 2. The minimum Gasteiger partial charge on any atom is -0.225 e. The molecule has 0 atom stereocenters. The van der Waals surface area contributed by atoms with Crippen molar-refractivity contribution in [1.82, 2.24) is 4.57 Å². The van der Waals surface area contributed by atoms with Gasteiger partial charge in [-0.3, -0.25) is 0 Å². The minimum absolute atomic E-state index is 1.21. The average molecular weight is 378 g/mol. The van der Waals surface area contributed by atoms with Crippen LogP contribution in [0.1, 0.15) is 16.7 Å². The van der Waals surface area contributed by atoms with E-state index in [9.17, 15) is 0 Å². The maximum absolute atomic E-state index is 2.48. The van der Waals surface area contributed by atoms with Gasteiger partial charge in [0.15, 0.2) is 11.0 Å². The molecule has 29 heavy (non-hydrogen) atoms. The van der Waals surface area contributed by atoms with Gasteiger partial charge in [-0.15, -0.1) is 0 Å². The number of aryl methyl sites for hydroxylation is 4. The normalized spacial score (nSPS) is 11.4. The van der Waals surface area contributed by atoms with Crippen molar-refractivity contribution in [1.29, 1.82) is 0 Å². The summed E-state index contributed by atoms with van der Waals surface area (Å²) in [4.78, 5) is 0. The zero-order chi connectivity index (χ0) is 20.1. The Morgan fingerprint density at radius 1 is 0.655 bits per heavy atom. The Balaban J connectivity index is 2.07. The van der Waals surface area contributed by atoms with Crippen LogP contribution in [0.25, 0.3) is 38.9 Å². The second kappa shape index (κ2) is 6.59. The molecule has 1 aromatic heterocycles. The van der Waals surface area contributed by atoms with E-state index in [1.165, 1.54) is 55.6 Å². The number of hydrogen-bond donors (Lipinski definition) is 0. The molecule has 0 aliphatic heterocycles. The van der Waals surface area contributed by atoms with Crippen LogP contribution in [0, 0.1) is 20.8 Å². The fourth-order valence-corrected chi connectivity index (χ4v) is 4.62. The van der Waals surface area contributed by atoms with Crippen LogP contribution in [0.15, 0.2) is 78.9 Å². The molecule has 5 rings (SSSR count). The summed E-state index contributed by atoms with van der Waals surface area (Å²) in [6.45, 7) is 6.61. The Hall–Kier alpha value is -3.39. The summed E-state index contributed by atoms with van der Waals surface area (Å²) >= 11 is 0. The monoisotopic (exact) mass is 377 g/mol. The van der Waals surface area contributed by atoms with E-state index in [-0.39, 0.29) is 0 Å². The molecule has 0 aliphatic carbocycles. The van der Waals surface area contributed by atoms with Crippen molar-refractivity contribution in [3.63, 3.8) is 0 Å². The van der Waals surface area contributed by atoms with Crippen LogP contribution < -0.4 is 4.57 Å². The van der Waals surface area contributed by atoms with Gasteiger partial charge >= 0.3 is 0 Å². The molecule has 142 valence electrons. The first-order valence-electron chi connectivity index (χ1n) is 10.1. The second-order valence-corrected chi connectivity index (χ2v) is 7.93. The molecule has 2 heteroatoms. The van der Waals surface area contributed by atoms with Gasteiger partial charge in [0.25, 0.3) is 5.82 Å². The predicted molar refractivity (Wildman–Crippen MR) is 122 cm³/mol. The topological polar surface area (TPSA) is 8.81 Å². The molecule has 0 spiro atoms. The fraction of sp³-hybridized carbons (Fsp3) is 0.148. The van der Waals surface area contributed by atoms with E-state index < -0.39 is 0 Å². The molecule has 1 heterocycles. The van der Waals surface area contributed by atoms with Crippen LogP contribution in [0.3, 0.4) is 0 Å². The maximum Gasteiger partial charge on any atom is 0.295 e. The molecule has 0 aliphatic rings. The molecule has 4 aromatic carbocycles. The van der Waals surface area contributed by atoms with Crippen LogP contribution in [-0.2, 0) is 7.05 Å². The Labute approximate surface area is 171 Å². The van der Waals surface area contributed by atoms with Gasteiger partial charge in [0.05, 0.1) is 12.6 Å². The summed E-state index contributed by atoms with van der Waals surface area (Å²) in [6, 6.07) is 28.4. The number of fused-ring (bicyclic) bond motifs is 3. The van der Waals surface area contributed by atoms with Gasteiger partial charge in [0.1, 0.15) is 5.69 Å². The summed E-state index contributed by atoms with van der Waals surface area (Å²) < 4.78 is 4.82. The molecule has 0 saturated carbocycles. The van der Waals surface area contributed by atoms with Gasteiger partial charge in [0.2, 0.25) is 0 Å². The van der Waals surface area contributed by atoms with Crippen molar-refractivity contribution in [3.05, 3.63) is 95.6 Å². The summed E-state index contributed by atoms with van der Waals surface area (Å²) in [7, 11) is 2.18. The van der Waals surface area contributed by atoms with Crippen molar-refractivity contribution in [3.8, 4) is 17.1 Å². The molecule has 0 fully saturated rings. The molecule has 2 nitrogen and oxygen atoms in total. The highest BCUT2D eigenvalue weighted by molar-refractivity contribution is 6.03. The molecular weight excluding hydrogens is 352 g/mol. The molecular formula is C27H25N2+. The summed E-state index contributed by atoms with van der Waals surface area (Å²) in [6.07, 6.45) is 0. The van der Waals surface area contributed by atoms with Crippen molar-refractivity contribution >= 4 is 21.8 Å². The van der Waals surface area contributed by atoms with Crippen LogP contribution >= 0.6 is 0 Å². The molecule has 0 unspecified atom stereocenters. The van der Waals surface area contributed by atoms with Gasteiger partial charge in [-0.2, -0.15) is 4.57 Å². The predicted octanol–water partition coefficient (Wildman–Crippen LogP) is 6.20. The van der Waals surface area contributed by atoms with Crippen molar-refractivity contribution < 1.29 is 4.57 Å². The number of imidazole rings is 1. The quantitative estimate of drug-likeness (QED) is 0.324. The zero-order valence-electron chi connectivity index (χ0n) is 17.4. The van der Waals surface area contributed by atoms with E-state index >= 15 is 0 Å². The smallest absolute Gasteiger partial charge is 0.225 e. The van der Waals surface area contributed by atoms with Gasteiger partial charge in [0, 0.05) is 5.39 Å². The Bertz CT molecular complexity index is 1370. The van der Waals surface area contributed by atoms with Crippen LogP contribution in [0.5, 0.6) is 0 Å². The third-order valence-electron chi connectivity index (χ3n) is 6.04. The lowest BCUT2D eigenvalue weighted by molar-refractivity contribution is -0.555. The van der Waals surface area contributed by atoms with Crippen molar-refractivity contribution in [2.24, 2.45) is 7.05 Å². The summed E-state index contributed by atoms with van der Waals surface area (Å²) in [5, 5.41) is 2.55. The van der Waals surface area contributed by atoms with Crippen LogP contribution in [0.2, 0.25) is 0 Å². The van der Waals surface area contributed by atoms with Crippen LogP contribution in [0.4, 0.5) is 0 Å². The molecule has 5 aromatic rings. The van der Waals surface area contributed by atoms with E-state index in [0.717, 1.165) is 0 Å². The number of para-hydroxylation sites is 1. The Kier molecular flexibility index (Phi) is 4.02. The van der Waals surface area contributed by atoms with Gasteiger partial charge < -0.3 is 0 Å². The van der Waals surface area contributed by atoms with E-state index in [1.54, 1.807) is 0 Å².